The fourth-order valence-corrected chi connectivity index (χ4v) is 4.62. The summed E-state index contributed by atoms with van der Waals surface area (Å²) in [7, 11) is -3.72. The highest BCUT2D eigenvalue weighted by atomic mass is 32.2. The van der Waals surface area contributed by atoms with Crippen LogP contribution in [0.25, 0.3) is 0 Å². The second-order valence-corrected chi connectivity index (χ2v) is 7.10. The number of nitrogen functional groups attached to an aromatic ring is 1. The standard InChI is InChI=1S/C14H21FN2O2S/c1-2-5-12-6-3-4-9-17(12)20(18,19)14-10-11(15)7-8-13(14)16/h7-8,10,12H,2-6,9,16H2,1H3. The average Bonchev–Trinajstić information content (AvgIpc) is 2.42. The van der Waals surface area contributed by atoms with Gasteiger partial charge in [0.2, 0.25) is 10.0 Å². The molecule has 2 N–H and O–H groups in total. The molecule has 0 aliphatic carbocycles. The lowest BCUT2D eigenvalue weighted by molar-refractivity contribution is 0.239. The lowest BCUT2D eigenvalue weighted by Crippen LogP contribution is -2.43. The fourth-order valence-electron chi connectivity index (χ4n) is 2.77. The molecule has 4 nitrogen and oxygen atoms in total. The summed E-state index contributed by atoms with van der Waals surface area (Å²) < 4.78 is 40.3. The van der Waals surface area contributed by atoms with E-state index in [2.05, 4.69) is 0 Å². The molecule has 20 heavy (non-hydrogen) atoms. The molecule has 0 saturated carbocycles. The average molecular weight is 300 g/mol. The Labute approximate surface area is 119 Å². The van der Waals surface area contributed by atoms with Crippen LogP contribution in [-0.4, -0.2) is 25.3 Å². The Bertz CT molecular complexity index is 573. The third-order valence-electron chi connectivity index (χ3n) is 3.76. The Morgan fingerprint density at radius 1 is 1.40 bits per heavy atom. The molecule has 0 bridgehead atoms. The van der Waals surface area contributed by atoms with Gasteiger partial charge in [-0.1, -0.05) is 19.8 Å². The number of piperidine rings is 1. The van der Waals surface area contributed by atoms with E-state index in [1.807, 2.05) is 6.92 Å². The molecule has 0 radical (unpaired) electrons. The van der Waals surface area contributed by atoms with Gasteiger partial charge in [0.15, 0.2) is 0 Å². The molecule has 1 heterocycles. The van der Waals surface area contributed by atoms with Crippen molar-refractivity contribution in [3.63, 3.8) is 0 Å². The molecule has 1 atom stereocenters. The summed E-state index contributed by atoms with van der Waals surface area (Å²) in [6.07, 6.45) is 4.50. The summed E-state index contributed by atoms with van der Waals surface area (Å²) in [5, 5.41) is 0. The number of rotatable bonds is 4. The van der Waals surface area contributed by atoms with Crippen LogP contribution in [0.2, 0.25) is 0 Å². The molecule has 1 fully saturated rings. The summed E-state index contributed by atoms with van der Waals surface area (Å²) in [6, 6.07) is 3.50. The molecular weight excluding hydrogens is 279 g/mol. The third-order valence-corrected chi connectivity index (χ3v) is 5.76. The molecule has 0 amide bonds. The van der Waals surface area contributed by atoms with Crippen LogP contribution in [0, 0.1) is 5.82 Å². The molecule has 1 unspecified atom stereocenters. The minimum Gasteiger partial charge on any atom is -0.398 e. The van der Waals surface area contributed by atoms with Gasteiger partial charge >= 0.3 is 0 Å². The van der Waals surface area contributed by atoms with Crippen molar-refractivity contribution in [1.29, 1.82) is 0 Å². The molecule has 6 heteroatoms. The summed E-state index contributed by atoms with van der Waals surface area (Å²) in [6.45, 7) is 2.53. The van der Waals surface area contributed by atoms with Crippen LogP contribution in [0.1, 0.15) is 39.0 Å². The highest BCUT2D eigenvalue weighted by Crippen LogP contribution is 2.30. The van der Waals surface area contributed by atoms with Crippen molar-refractivity contribution in [2.75, 3.05) is 12.3 Å². The second kappa shape index (κ2) is 6.10. The first-order valence-electron chi connectivity index (χ1n) is 7.03. The maximum atomic E-state index is 13.4. The van der Waals surface area contributed by atoms with Gasteiger partial charge in [0, 0.05) is 12.6 Å². The number of benzene rings is 1. The van der Waals surface area contributed by atoms with E-state index < -0.39 is 15.8 Å². The molecule has 1 aromatic carbocycles. The van der Waals surface area contributed by atoms with Crippen LogP contribution < -0.4 is 5.73 Å². The molecule has 1 aliphatic rings. The van der Waals surface area contributed by atoms with Gasteiger partial charge in [-0.2, -0.15) is 4.31 Å². The number of nitrogens with two attached hydrogens (primary N) is 1. The lowest BCUT2D eigenvalue weighted by Gasteiger charge is -2.34. The quantitative estimate of drug-likeness (QED) is 0.870. The number of nitrogens with zero attached hydrogens (tertiary/aromatic N) is 1. The molecule has 0 spiro atoms. The monoisotopic (exact) mass is 300 g/mol. The van der Waals surface area contributed by atoms with Crippen molar-refractivity contribution in [2.24, 2.45) is 0 Å². The summed E-state index contributed by atoms with van der Waals surface area (Å²) >= 11 is 0. The number of anilines is 1. The van der Waals surface area contributed by atoms with Gasteiger partial charge in [-0.25, -0.2) is 12.8 Å². The SMILES string of the molecule is CCCC1CCCCN1S(=O)(=O)c1cc(F)ccc1N. The first-order chi connectivity index (χ1) is 9.46. The normalized spacial score (nSPS) is 21.0. The Kier molecular flexibility index (Phi) is 4.65. The van der Waals surface area contributed by atoms with Crippen molar-refractivity contribution in [1.82, 2.24) is 4.31 Å². The number of hydrogen-bond donors (Lipinski definition) is 1. The van der Waals surface area contributed by atoms with Gasteiger partial charge in [0.1, 0.15) is 10.7 Å². The Hall–Kier alpha value is -1.14. The van der Waals surface area contributed by atoms with E-state index >= 15 is 0 Å². The molecular formula is C14H21FN2O2S. The van der Waals surface area contributed by atoms with Crippen LogP contribution in [0.15, 0.2) is 23.1 Å². The van der Waals surface area contributed by atoms with Crippen LogP contribution in [0.4, 0.5) is 10.1 Å². The van der Waals surface area contributed by atoms with E-state index in [1.165, 1.54) is 16.4 Å². The number of halogens is 1. The van der Waals surface area contributed by atoms with E-state index in [9.17, 15) is 12.8 Å². The zero-order valence-electron chi connectivity index (χ0n) is 11.7. The summed E-state index contributed by atoms with van der Waals surface area (Å²) in [4.78, 5) is -0.111. The maximum Gasteiger partial charge on any atom is 0.245 e. The largest absolute Gasteiger partial charge is 0.398 e. The third kappa shape index (κ3) is 2.96. The summed E-state index contributed by atoms with van der Waals surface area (Å²) in [5.41, 5.74) is 5.83. The Morgan fingerprint density at radius 2 is 2.15 bits per heavy atom. The highest BCUT2D eigenvalue weighted by molar-refractivity contribution is 7.89. The predicted octanol–water partition coefficient (Wildman–Crippen LogP) is 2.75. The van der Waals surface area contributed by atoms with E-state index in [0.29, 0.717) is 6.54 Å². The van der Waals surface area contributed by atoms with E-state index in [1.54, 1.807) is 0 Å². The molecule has 1 aromatic rings. The van der Waals surface area contributed by atoms with Crippen molar-refractivity contribution in [2.45, 2.75) is 50.0 Å². The molecule has 1 aliphatic heterocycles. The van der Waals surface area contributed by atoms with Gasteiger partial charge in [-0.15, -0.1) is 0 Å². The van der Waals surface area contributed by atoms with Gasteiger partial charge < -0.3 is 5.73 Å². The first kappa shape index (κ1) is 15.3. The van der Waals surface area contributed by atoms with Crippen molar-refractivity contribution in [3.05, 3.63) is 24.0 Å². The Balaban J connectivity index is 2.39. The Morgan fingerprint density at radius 3 is 2.85 bits per heavy atom. The van der Waals surface area contributed by atoms with Gasteiger partial charge in [0.05, 0.1) is 5.69 Å². The van der Waals surface area contributed by atoms with Crippen molar-refractivity contribution in [3.8, 4) is 0 Å². The van der Waals surface area contributed by atoms with E-state index in [4.69, 9.17) is 5.73 Å². The van der Waals surface area contributed by atoms with Gasteiger partial charge in [0.25, 0.3) is 0 Å². The topological polar surface area (TPSA) is 63.4 Å². The first-order valence-corrected chi connectivity index (χ1v) is 8.47. The van der Waals surface area contributed by atoms with Gasteiger partial charge in [-0.05, 0) is 37.5 Å². The van der Waals surface area contributed by atoms with E-state index in [-0.39, 0.29) is 16.6 Å². The van der Waals surface area contributed by atoms with Crippen molar-refractivity contribution < 1.29 is 12.8 Å². The molecule has 1 saturated heterocycles. The maximum absolute atomic E-state index is 13.4. The fraction of sp³-hybridized carbons (Fsp3) is 0.571. The van der Waals surface area contributed by atoms with Crippen LogP contribution in [0.3, 0.4) is 0 Å². The highest BCUT2D eigenvalue weighted by Gasteiger charge is 2.34. The van der Waals surface area contributed by atoms with Crippen molar-refractivity contribution >= 4 is 15.7 Å². The lowest BCUT2D eigenvalue weighted by atomic mass is 10.0. The minimum absolute atomic E-state index is 0.00131. The molecule has 112 valence electrons. The predicted molar refractivity (Wildman–Crippen MR) is 77.3 cm³/mol. The zero-order valence-corrected chi connectivity index (χ0v) is 12.5. The smallest absolute Gasteiger partial charge is 0.245 e. The zero-order chi connectivity index (χ0) is 14.8. The van der Waals surface area contributed by atoms with E-state index in [0.717, 1.165) is 38.2 Å². The van der Waals surface area contributed by atoms with Crippen LogP contribution >= 0.6 is 0 Å². The summed E-state index contributed by atoms with van der Waals surface area (Å²) in [5.74, 6) is -0.582. The van der Waals surface area contributed by atoms with Crippen LogP contribution in [-0.2, 0) is 10.0 Å². The molecule has 2 rings (SSSR count). The van der Waals surface area contributed by atoms with Gasteiger partial charge in [-0.3, -0.25) is 0 Å². The molecule has 0 aromatic heterocycles. The second-order valence-electron chi connectivity index (χ2n) is 5.24. The van der Waals surface area contributed by atoms with Crippen LogP contribution in [0.5, 0.6) is 0 Å². The number of sulfonamides is 1. The minimum atomic E-state index is -3.72. The number of hydrogen-bond acceptors (Lipinski definition) is 3.